The summed E-state index contributed by atoms with van der Waals surface area (Å²) in [6, 6.07) is 11.8. The van der Waals surface area contributed by atoms with Gasteiger partial charge in [0.05, 0.1) is 19.1 Å². The van der Waals surface area contributed by atoms with Gasteiger partial charge in [-0.2, -0.15) is 10.2 Å². The van der Waals surface area contributed by atoms with Gasteiger partial charge in [-0.05, 0) is 19.1 Å². The van der Waals surface area contributed by atoms with Gasteiger partial charge in [-0.15, -0.1) is 0 Å². The molecule has 0 unspecified atom stereocenters. The molecule has 0 aliphatic carbocycles. The highest BCUT2D eigenvalue weighted by molar-refractivity contribution is 5.87. The Balaban J connectivity index is 2.25. The molecule has 0 spiro atoms. The van der Waals surface area contributed by atoms with E-state index in [-0.39, 0.29) is 18.3 Å². The number of para-hydroxylation sites is 1. The Bertz CT molecular complexity index is 631. The molecule has 1 aromatic heterocycles. The van der Waals surface area contributed by atoms with Crippen LogP contribution in [0.15, 0.2) is 41.0 Å². The minimum absolute atomic E-state index is 0.115. The molecule has 0 atom stereocenters. The number of esters is 1. The van der Waals surface area contributed by atoms with Gasteiger partial charge in [0.1, 0.15) is 6.26 Å². The summed E-state index contributed by atoms with van der Waals surface area (Å²) in [6.07, 6.45) is 1.57. The number of hydrogen-bond acceptors (Lipinski definition) is 6. The van der Waals surface area contributed by atoms with E-state index in [1.165, 1.54) is 6.26 Å². The van der Waals surface area contributed by atoms with Gasteiger partial charge in [0.15, 0.2) is 5.69 Å². The highest BCUT2D eigenvalue weighted by atomic mass is 16.5. The zero-order valence-electron chi connectivity index (χ0n) is 11.7. The number of nitrogens with zero attached hydrogens (tertiary/aromatic N) is 3. The molecule has 0 bridgehead atoms. The molecule has 0 saturated carbocycles. The fourth-order valence-corrected chi connectivity index (χ4v) is 1.79. The van der Waals surface area contributed by atoms with Crippen molar-refractivity contribution in [3.63, 3.8) is 0 Å². The standard InChI is InChI=1S/C15H15N3O3/c1-2-20-14(19)13-11-21-15(17-13)18(10-6-9-16)12-7-4-3-5-8-12/h3-5,7-8,11H,2,6,10H2,1H3. The number of benzene rings is 1. The lowest BCUT2D eigenvalue weighted by Gasteiger charge is -2.19. The number of oxazole rings is 1. The van der Waals surface area contributed by atoms with E-state index in [0.29, 0.717) is 13.0 Å². The third-order valence-corrected chi connectivity index (χ3v) is 2.72. The Morgan fingerprint density at radius 1 is 1.43 bits per heavy atom. The van der Waals surface area contributed by atoms with Crippen LogP contribution in [0.4, 0.5) is 11.7 Å². The van der Waals surface area contributed by atoms with Gasteiger partial charge in [-0.25, -0.2) is 4.79 Å². The van der Waals surface area contributed by atoms with Crippen LogP contribution >= 0.6 is 0 Å². The molecule has 0 aliphatic rings. The number of aromatic nitrogens is 1. The summed E-state index contributed by atoms with van der Waals surface area (Å²) in [5.41, 5.74) is 0.953. The topological polar surface area (TPSA) is 79.4 Å². The van der Waals surface area contributed by atoms with Crippen LogP contribution in [-0.4, -0.2) is 24.1 Å². The highest BCUT2D eigenvalue weighted by Gasteiger charge is 2.18. The van der Waals surface area contributed by atoms with Gasteiger partial charge < -0.3 is 9.15 Å². The van der Waals surface area contributed by atoms with E-state index in [0.717, 1.165) is 5.69 Å². The van der Waals surface area contributed by atoms with Crippen LogP contribution in [0.3, 0.4) is 0 Å². The Morgan fingerprint density at radius 3 is 2.86 bits per heavy atom. The van der Waals surface area contributed by atoms with E-state index in [1.54, 1.807) is 11.8 Å². The number of ether oxygens (including phenoxy) is 1. The average Bonchev–Trinajstić information content (AvgIpc) is 2.99. The maximum Gasteiger partial charge on any atom is 0.360 e. The molecule has 2 aromatic rings. The van der Waals surface area contributed by atoms with Gasteiger partial charge in [0, 0.05) is 12.2 Å². The third-order valence-electron chi connectivity index (χ3n) is 2.72. The van der Waals surface area contributed by atoms with Crippen LogP contribution in [0.1, 0.15) is 23.8 Å². The van der Waals surface area contributed by atoms with Gasteiger partial charge in [0.25, 0.3) is 0 Å². The molecule has 0 radical (unpaired) electrons. The van der Waals surface area contributed by atoms with Crippen molar-refractivity contribution in [2.75, 3.05) is 18.1 Å². The fraction of sp³-hybridized carbons (Fsp3) is 0.267. The zero-order chi connectivity index (χ0) is 15.1. The highest BCUT2D eigenvalue weighted by Crippen LogP contribution is 2.24. The summed E-state index contributed by atoms with van der Waals surface area (Å²) in [6.45, 7) is 2.42. The van der Waals surface area contributed by atoms with Crippen LogP contribution in [-0.2, 0) is 4.74 Å². The maximum absolute atomic E-state index is 11.6. The molecule has 6 heteroatoms. The van der Waals surface area contributed by atoms with Gasteiger partial charge >= 0.3 is 12.0 Å². The lowest BCUT2D eigenvalue weighted by atomic mass is 10.3. The fourth-order valence-electron chi connectivity index (χ4n) is 1.79. The molecule has 0 N–H and O–H groups in total. The van der Waals surface area contributed by atoms with Gasteiger partial charge in [0.2, 0.25) is 0 Å². The number of carbonyl (C=O) groups is 1. The molecular formula is C15H15N3O3. The second-order valence-electron chi connectivity index (χ2n) is 4.13. The first-order chi connectivity index (χ1) is 10.3. The minimum Gasteiger partial charge on any atom is -0.461 e. The Hall–Kier alpha value is -2.81. The Morgan fingerprint density at radius 2 is 2.19 bits per heavy atom. The molecule has 108 valence electrons. The first kappa shape index (κ1) is 14.6. The Labute approximate surface area is 122 Å². The molecule has 21 heavy (non-hydrogen) atoms. The molecule has 1 heterocycles. The van der Waals surface area contributed by atoms with Crippen LogP contribution in [0.5, 0.6) is 0 Å². The second-order valence-corrected chi connectivity index (χ2v) is 4.13. The SMILES string of the molecule is CCOC(=O)c1coc(N(CCC#N)c2ccccc2)n1. The zero-order valence-corrected chi connectivity index (χ0v) is 11.7. The molecule has 0 aliphatic heterocycles. The predicted octanol–water partition coefficient (Wildman–Crippen LogP) is 2.90. The summed E-state index contributed by atoms with van der Waals surface area (Å²) in [5, 5.41) is 8.77. The molecular weight excluding hydrogens is 270 g/mol. The molecule has 0 saturated heterocycles. The minimum atomic E-state index is -0.527. The van der Waals surface area contributed by atoms with Crippen molar-refractivity contribution in [3.05, 3.63) is 42.3 Å². The molecule has 2 rings (SSSR count). The molecule has 1 aromatic carbocycles. The quantitative estimate of drug-likeness (QED) is 0.759. The van der Waals surface area contributed by atoms with Crippen molar-refractivity contribution in [3.8, 4) is 6.07 Å². The maximum atomic E-state index is 11.6. The van der Waals surface area contributed by atoms with E-state index in [4.69, 9.17) is 14.4 Å². The molecule has 0 amide bonds. The van der Waals surface area contributed by atoms with Crippen LogP contribution < -0.4 is 4.90 Å². The van der Waals surface area contributed by atoms with E-state index in [9.17, 15) is 4.79 Å². The van der Waals surface area contributed by atoms with Crippen LogP contribution in [0.2, 0.25) is 0 Å². The van der Waals surface area contributed by atoms with Gasteiger partial charge in [-0.1, -0.05) is 18.2 Å². The number of anilines is 2. The first-order valence-electron chi connectivity index (χ1n) is 6.58. The summed E-state index contributed by atoms with van der Waals surface area (Å²) >= 11 is 0. The summed E-state index contributed by atoms with van der Waals surface area (Å²) in [5.74, 6) is -0.527. The Kier molecular flexibility index (Phi) is 4.94. The van der Waals surface area contributed by atoms with Crippen LogP contribution in [0, 0.1) is 11.3 Å². The predicted molar refractivity (Wildman–Crippen MR) is 76.1 cm³/mol. The summed E-state index contributed by atoms with van der Waals surface area (Å²) in [4.78, 5) is 17.5. The second kappa shape index (κ2) is 7.10. The number of rotatable bonds is 6. The normalized spacial score (nSPS) is 9.90. The number of nitriles is 1. The van der Waals surface area contributed by atoms with Crippen molar-refractivity contribution >= 4 is 17.7 Å². The van der Waals surface area contributed by atoms with Crippen molar-refractivity contribution in [1.29, 1.82) is 5.26 Å². The van der Waals surface area contributed by atoms with Gasteiger partial charge in [-0.3, -0.25) is 4.90 Å². The van der Waals surface area contributed by atoms with Crippen molar-refractivity contribution < 1.29 is 13.9 Å². The smallest absolute Gasteiger partial charge is 0.360 e. The summed E-state index contributed by atoms with van der Waals surface area (Å²) < 4.78 is 10.2. The van der Waals surface area contributed by atoms with E-state index >= 15 is 0 Å². The van der Waals surface area contributed by atoms with Crippen molar-refractivity contribution in [1.82, 2.24) is 4.98 Å². The largest absolute Gasteiger partial charge is 0.461 e. The van der Waals surface area contributed by atoms with E-state index in [2.05, 4.69) is 11.1 Å². The lowest BCUT2D eigenvalue weighted by molar-refractivity contribution is 0.0519. The third kappa shape index (κ3) is 3.60. The first-order valence-corrected chi connectivity index (χ1v) is 6.58. The summed E-state index contributed by atoms with van der Waals surface area (Å²) in [7, 11) is 0. The molecule has 6 nitrogen and oxygen atoms in total. The average molecular weight is 285 g/mol. The molecule has 0 fully saturated rings. The monoisotopic (exact) mass is 285 g/mol. The van der Waals surface area contributed by atoms with E-state index < -0.39 is 5.97 Å². The number of hydrogen-bond donors (Lipinski definition) is 0. The lowest BCUT2D eigenvalue weighted by Crippen LogP contribution is -2.18. The van der Waals surface area contributed by atoms with Crippen molar-refractivity contribution in [2.24, 2.45) is 0 Å². The van der Waals surface area contributed by atoms with Crippen LogP contribution in [0.25, 0.3) is 0 Å². The van der Waals surface area contributed by atoms with Crippen molar-refractivity contribution in [2.45, 2.75) is 13.3 Å². The van der Waals surface area contributed by atoms with E-state index in [1.807, 2.05) is 30.3 Å². The number of carbonyl (C=O) groups excluding carboxylic acids is 1.